The van der Waals surface area contributed by atoms with E-state index < -0.39 is 24.0 Å². The summed E-state index contributed by atoms with van der Waals surface area (Å²) in [5, 5.41) is 26.8. The van der Waals surface area contributed by atoms with Crippen molar-refractivity contribution >= 4 is 35.2 Å². The zero-order valence-electron chi connectivity index (χ0n) is 21.5. The lowest BCUT2D eigenvalue weighted by atomic mass is 10.1. The highest BCUT2D eigenvalue weighted by molar-refractivity contribution is 7.98. The van der Waals surface area contributed by atoms with Crippen molar-refractivity contribution in [3.63, 3.8) is 0 Å². The van der Waals surface area contributed by atoms with E-state index in [1.807, 2.05) is 18.4 Å². The molecule has 0 aromatic heterocycles. The van der Waals surface area contributed by atoms with Gasteiger partial charge in [-0.3, -0.25) is 19.6 Å². The van der Waals surface area contributed by atoms with Crippen LogP contribution in [-0.2, 0) is 16.1 Å². The molecule has 0 heterocycles. The third-order valence-corrected chi connectivity index (χ3v) is 6.35. The molecule has 3 aromatic carbocycles. The molecule has 3 rings (SSSR count). The summed E-state index contributed by atoms with van der Waals surface area (Å²) in [7, 11) is 0. The van der Waals surface area contributed by atoms with Gasteiger partial charge in [-0.1, -0.05) is 24.0 Å². The summed E-state index contributed by atoms with van der Waals surface area (Å²) in [6, 6.07) is 20.4. The lowest BCUT2D eigenvalue weighted by Crippen LogP contribution is -2.51. The summed E-state index contributed by atoms with van der Waals surface area (Å²) in [5.74, 6) is 4.39. The van der Waals surface area contributed by atoms with Gasteiger partial charge in [-0.25, -0.2) is 5.48 Å². The number of anilines is 1. The highest BCUT2D eigenvalue weighted by Gasteiger charge is 2.25. The Bertz CT molecular complexity index is 1330. The number of carbonyl (C=O) groups excluding carboxylic acids is 3. The largest absolute Gasteiger partial charge is 0.391 e. The topological polar surface area (TPSA) is 140 Å². The van der Waals surface area contributed by atoms with E-state index in [1.165, 1.54) is 17.3 Å². The number of nitrogens with one attached hydrogen (secondary N) is 4. The van der Waals surface area contributed by atoms with Crippen LogP contribution in [0.2, 0.25) is 0 Å². The molecule has 2 unspecified atom stereocenters. The van der Waals surface area contributed by atoms with Gasteiger partial charge in [0.1, 0.15) is 6.04 Å². The van der Waals surface area contributed by atoms with Crippen LogP contribution < -0.4 is 21.4 Å². The molecule has 0 radical (unpaired) electrons. The van der Waals surface area contributed by atoms with Gasteiger partial charge in [0.25, 0.3) is 11.8 Å². The van der Waals surface area contributed by atoms with Gasteiger partial charge in [-0.15, -0.1) is 11.8 Å². The summed E-state index contributed by atoms with van der Waals surface area (Å²) in [6.07, 6.45) is 0.832. The lowest BCUT2D eigenvalue weighted by molar-refractivity contribution is -0.133. The van der Waals surface area contributed by atoms with Gasteiger partial charge in [0.15, 0.2) is 0 Å². The van der Waals surface area contributed by atoms with Crippen molar-refractivity contribution in [1.82, 2.24) is 16.1 Å². The van der Waals surface area contributed by atoms with Crippen LogP contribution in [0.5, 0.6) is 0 Å². The van der Waals surface area contributed by atoms with Crippen LogP contribution in [0.4, 0.5) is 5.69 Å². The molecule has 6 N–H and O–H groups in total. The number of hydrogen-bond acceptors (Lipinski definition) is 7. The fraction of sp³-hybridized carbons (Fsp3) is 0.207. The fourth-order valence-electron chi connectivity index (χ4n) is 3.45. The predicted molar refractivity (Wildman–Crippen MR) is 150 cm³/mol. The first-order chi connectivity index (χ1) is 18.8. The molecule has 0 bridgehead atoms. The zero-order chi connectivity index (χ0) is 28.2. The van der Waals surface area contributed by atoms with Crippen LogP contribution >= 0.6 is 11.8 Å². The Hall–Kier alpha value is -4.14. The van der Waals surface area contributed by atoms with Gasteiger partial charge in [0.2, 0.25) is 5.91 Å². The monoisotopic (exact) mass is 546 g/mol. The van der Waals surface area contributed by atoms with E-state index in [9.17, 15) is 19.5 Å². The van der Waals surface area contributed by atoms with Gasteiger partial charge in [-0.05, 0) is 79.4 Å². The SMILES string of the molecule is CSc1ccc(CNCC(=O)Nc2ccc(C#Cc3ccc(C(=O)NC(C(=O)NO)C(C)O)cc3)cc2)cc1. The van der Waals surface area contributed by atoms with E-state index in [2.05, 4.69) is 39.9 Å². The van der Waals surface area contributed by atoms with Crippen molar-refractivity contribution in [2.75, 3.05) is 18.1 Å². The normalized spacial score (nSPS) is 11.9. The van der Waals surface area contributed by atoms with Gasteiger partial charge in [-0.2, -0.15) is 0 Å². The van der Waals surface area contributed by atoms with Crippen LogP contribution in [0.3, 0.4) is 0 Å². The molecule has 202 valence electrons. The third kappa shape index (κ3) is 9.28. The zero-order valence-corrected chi connectivity index (χ0v) is 22.3. The molecule has 3 aromatic rings. The maximum Gasteiger partial charge on any atom is 0.268 e. The Morgan fingerprint density at radius 3 is 2.03 bits per heavy atom. The molecule has 0 aliphatic carbocycles. The van der Waals surface area contributed by atoms with Crippen molar-refractivity contribution in [3.8, 4) is 11.8 Å². The summed E-state index contributed by atoms with van der Waals surface area (Å²) in [4.78, 5) is 37.4. The van der Waals surface area contributed by atoms with Crippen LogP contribution in [0.15, 0.2) is 77.7 Å². The maximum absolute atomic E-state index is 12.4. The van der Waals surface area contributed by atoms with Crippen molar-refractivity contribution < 1.29 is 24.7 Å². The van der Waals surface area contributed by atoms with E-state index in [0.717, 1.165) is 11.1 Å². The van der Waals surface area contributed by atoms with E-state index >= 15 is 0 Å². The molecule has 9 nitrogen and oxygen atoms in total. The van der Waals surface area contributed by atoms with Crippen LogP contribution in [-0.4, -0.2) is 53.0 Å². The Kier molecular flexibility index (Phi) is 11.1. The molecular formula is C29H30N4O5S. The Labute approximate surface area is 231 Å². The van der Waals surface area contributed by atoms with E-state index in [4.69, 9.17) is 5.21 Å². The molecule has 0 aliphatic heterocycles. The summed E-state index contributed by atoms with van der Waals surface area (Å²) in [6.45, 7) is 2.12. The van der Waals surface area contributed by atoms with Gasteiger partial charge < -0.3 is 21.1 Å². The molecule has 0 spiro atoms. The quantitative estimate of drug-likeness (QED) is 0.0994. The molecule has 10 heteroatoms. The number of amides is 3. The Morgan fingerprint density at radius 1 is 0.897 bits per heavy atom. The summed E-state index contributed by atoms with van der Waals surface area (Å²) >= 11 is 1.69. The molecule has 2 atom stereocenters. The number of aliphatic hydroxyl groups is 1. The second-order valence-electron chi connectivity index (χ2n) is 8.57. The van der Waals surface area contributed by atoms with Crippen molar-refractivity contribution in [3.05, 3.63) is 95.1 Å². The highest BCUT2D eigenvalue weighted by Crippen LogP contribution is 2.15. The third-order valence-electron chi connectivity index (χ3n) is 5.60. The second-order valence-corrected chi connectivity index (χ2v) is 9.45. The molecular weight excluding hydrogens is 516 g/mol. The number of hydroxylamine groups is 1. The van der Waals surface area contributed by atoms with Crippen LogP contribution in [0.1, 0.15) is 34.0 Å². The van der Waals surface area contributed by atoms with Crippen molar-refractivity contribution in [2.45, 2.75) is 30.5 Å². The minimum atomic E-state index is -1.30. The van der Waals surface area contributed by atoms with E-state index in [0.29, 0.717) is 17.8 Å². The minimum absolute atomic E-state index is 0.143. The molecule has 3 amide bonds. The summed E-state index contributed by atoms with van der Waals surface area (Å²) < 4.78 is 0. The number of hydrogen-bond donors (Lipinski definition) is 6. The van der Waals surface area contributed by atoms with Gasteiger partial charge in [0, 0.05) is 33.8 Å². The molecule has 0 saturated heterocycles. The minimum Gasteiger partial charge on any atom is -0.391 e. The number of thioether (sulfide) groups is 1. The number of aliphatic hydroxyl groups excluding tert-OH is 1. The Balaban J connectivity index is 1.49. The van der Waals surface area contributed by atoms with Gasteiger partial charge >= 0.3 is 0 Å². The molecule has 0 fully saturated rings. The number of carbonyl (C=O) groups is 3. The Morgan fingerprint density at radius 2 is 1.49 bits per heavy atom. The number of benzene rings is 3. The summed E-state index contributed by atoms with van der Waals surface area (Å²) in [5.41, 5.74) is 4.87. The fourth-order valence-corrected chi connectivity index (χ4v) is 3.86. The predicted octanol–water partition coefficient (Wildman–Crippen LogP) is 2.52. The average Bonchev–Trinajstić information content (AvgIpc) is 2.95. The lowest BCUT2D eigenvalue weighted by Gasteiger charge is -2.19. The van der Waals surface area contributed by atoms with E-state index in [-0.39, 0.29) is 18.0 Å². The van der Waals surface area contributed by atoms with E-state index in [1.54, 1.807) is 60.3 Å². The average molecular weight is 547 g/mol. The van der Waals surface area contributed by atoms with Crippen LogP contribution in [0.25, 0.3) is 0 Å². The highest BCUT2D eigenvalue weighted by atomic mass is 32.2. The first-order valence-electron chi connectivity index (χ1n) is 12.1. The molecule has 39 heavy (non-hydrogen) atoms. The van der Waals surface area contributed by atoms with Crippen molar-refractivity contribution in [2.24, 2.45) is 0 Å². The first-order valence-corrected chi connectivity index (χ1v) is 13.3. The van der Waals surface area contributed by atoms with Gasteiger partial charge in [0.05, 0.1) is 12.6 Å². The number of rotatable bonds is 10. The second kappa shape index (κ2) is 14.7. The standard InChI is InChI=1S/C29H30N4O5S/c1-19(34)27(29(37)33-38)32-28(36)23-11-5-20(6-12-23)3-4-21-7-13-24(14-8-21)31-26(35)18-30-17-22-9-15-25(39-2)16-10-22/h5-16,19,27,30,34,38H,17-18H2,1-2H3,(H,31,35)(H,32,36)(H,33,37). The maximum atomic E-state index is 12.4. The van der Waals surface area contributed by atoms with Crippen LogP contribution in [0, 0.1) is 11.8 Å². The molecule has 0 aliphatic rings. The first kappa shape index (κ1) is 29.4. The van der Waals surface area contributed by atoms with Crippen molar-refractivity contribution in [1.29, 1.82) is 0 Å². The molecule has 0 saturated carbocycles. The smallest absolute Gasteiger partial charge is 0.268 e.